The van der Waals surface area contributed by atoms with Gasteiger partial charge in [-0.1, -0.05) is 66.7 Å². The van der Waals surface area contributed by atoms with Gasteiger partial charge in [0.1, 0.15) is 0 Å². The van der Waals surface area contributed by atoms with Crippen LogP contribution in [0.25, 0.3) is 22.0 Å². The maximum atomic E-state index is 12.2. The molecule has 1 unspecified atom stereocenters. The van der Waals surface area contributed by atoms with Gasteiger partial charge in [0.25, 0.3) is 0 Å². The van der Waals surface area contributed by atoms with Crippen LogP contribution in [-0.4, -0.2) is 22.1 Å². The Labute approximate surface area is 252 Å². The zero-order chi connectivity index (χ0) is 30.2. The van der Waals surface area contributed by atoms with Crippen molar-refractivity contribution < 1.29 is 44.5 Å². The van der Waals surface area contributed by atoms with E-state index in [1.54, 1.807) is 0 Å². The molecule has 3 rings (SSSR count). The zero-order valence-corrected chi connectivity index (χ0v) is 26.8. The van der Waals surface area contributed by atoms with Crippen molar-refractivity contribution in [2.45, 2.75) is 86.2 Å². The van der Waals surface area contributed by atoms with Crippen LogP contribution in [-0.2, 0) is 24.9 Å². The molecule has 221 valence electrons. The van der Waals surface area contributed by atoms with Crippen LogP contribution >= 0.6 is 0 Å². The van der Waals surface area contributed by atoms with E-state index in [1.807, 2.05) is 26.8 Å². The average molecular weight is 734 g/mol. The first kappa shape index (κ1) is 33.7. The number of carbonyl (C=O) groups is 1. The predicted molar refractivity (Wildman–Crippen MR) is 154 cm³/mol. The van der Waals surface area contributed by atoms with E-state index in [4.69, 9.17) is 1.37 Å². The van der Waals surface area contributed by atoms with Gasteiger partial charge in [-0.3, -0.25) is 4.79 Å². The molecular weight excluding hydrogens is 692 g/mol. The molecule has 7 heteroatoms. The number of carbonyl (C=O) groups excluding carboxylic acids is 1. The number of allylic oxidation sites excluding steroid dienone is 2. The number of aromatic nitrogens is 1. The molecule has 0 saturated carbocycles. The summed E-state index contributed by atoms with van der Waals surface area (Å²) in [5, 5.41) is 11.8. The van der Waals surface area contributed by atoms with Crippen molar-refractivity contribution in [3.05, 3.63) is 77.2 Å². The number of rotatable bonds is 9. The monoisotopic (exact) mass is 734 g/mol. The summed E-state index contributed by atoms with van der Waals surface area (Å²) in [5.74, 6) is -1.52. The first-order valence-corrected chi connectivity index (χ1v) is 13.6. The number of halogens is 3. The van der Waals surface area contributed by atoms with Gasteiger partial charge in [-0.15, -0.1) is 34.9 Å². The van der Waals surface area contributed by atoms with Crippen molar-refractivity contribution in [1.82, 2.24) is 4.98 Å². The van der Waals surface area contributed by atoms with E-state index in [1.165, 1.54) is 18.1 Å². The van der Waals surface area contributed by atoms with Crippen LogP contribution in [0.15, 0.2) is 54.4 Å². The molecule has 0 spiro atoms. The fourth-order valence-electron chi connectivity index (χ4n) is 4.54. The molecule has 1 heterocycles. The standard InChI is InChI=1S/C20H20N.C13H21F3O2.Ir/c1-13(2)16-5-6-19-17(12-16)7-8-21-20(19)18-10-14(3)9-15(4)11-18;1-4-9(5-2)11(17)7-12(18)10(6-3)8-13(14,15)16;/h5-10,12-13H,1-4H3;7,9-10,17H,4-6,8H2,1-3H3;/q-1;;/b;11-7-;/i8D;;. The van der Waals surface area contributed by atoms with Crippen LogP contribution in [0.5, 0.6) is 0 Å². The van der Waals surface area contributed by atoms with Gasteiger partial charge in [0.15, 0.2) is 5.78 Å². The normalized spacial score (nSPS) is 13.0. The molecule has 40 heavy (non-hydrogen) atoms. The molecule has 1 atom stereocenters. The van der Waals surface area contributed by atoms with Gasteiger partial charge in [0.2, 0.25) is 0 Å². The largest absolute Gasteiger partial charge is 0.512 e. The number of hydrogen-bond acceptors (Lipinski definition) is 3. The summed E-state index contributed by atoms with van der Waals surface area (Å²) in [6.45, 7) is 13.7. The SMILES string of the molecule is CCC(CC(F)(F)F)C(=O)/C=C(\O)C(CC)CC.[2H]c1cc2cc(C(C)C)ccc2c(-c2[c-]c(C)cc(C)c2)n1.[Ir]. The third kappa shape index (κ3) is 10.5. The zero-order valence-electron chi connectivity index (χ0n) is 25.4. The number of benzene rings is 2. The van der Waals surface area contributed by atoms with Crippen LogP contribution in [0.2, 0.25) is 0 Å². The number of alkyl halides is 3. The van der Waals surface area contributed by atoms with Gasteiger partial charge in [-0.25, -0.2) is 0 Å². The number of aliphatic hydroxyl groups excluding tert-OH is 1. The number of hydrogen-bond donors (Lipinski definition) is 1. The molecule has 2 aromatic carbocycles. The van der Waals surface area contributed by atoms with E-state index in [-0.39, 0.29) is 38.2 Å². The molecule has 0 aliphatic heterocycles. The second-order valence-electron chi connectivity index (χ2n) is 10.4. The molecule has 0 aliphatic carbocycles. The average Bonchev–Trinajstić information content (AvgIpc) is 2.86. The predicted octanol–water partition coefficient (Wildman–Crippen LogP) is 9.85. The van der Waals surface area contributed by atoms with Crippen molar-refractivity contribution in [3.63, 3.8) is 0 Å². The molecule has 0 saturated heterocycles. The summed E-state index contributed by atoms with van der Waals surface area (Å²) in [4.78, 5) is 16.1. The van der Waals surface area contributed by atoms with E-state index in [0.29, 0.717) is 24.9 Å². The van der Waals surface area contributed by atoms with E-state index in [9.17, 15) is 23.1 Å². The minimum atomic E-state index is -4.35. The number of pyridine rings is 1. The van der Waals surface area contributed by atoms with Crippen molar-refractivity contribution in [1.29, 1.82) is 0 Å². The molecule has 0 fully saturated rings. The summed E-state index contributed by atoms with van der Waals surface area (Å²) >= 11 is 0. The Morgan fingerprint density at radius 2 is 1.68 bits per heavy atom. The third-order valence-corrected chi connectivity index (χ3v) is 6.86. The second-order valence-corrected chi connectivity index (χ2v) is 10.4. The first-order chi connectivity index (χ1) is 18.7. The van der Waals surface area contributed by atoms with Crippen LogP contribution in [0.3, 0.4) is 0 Å². The Bertz CT molecular complexity index is 1310. The van der Waals surface area contributed by atoms with Crippen molar-refractivity contribution in [2.75, 3.05) is 0 Å². The minimum Gasteiger partial charge on any atom is -0.512 e. The molecule has 3 aromatic rings. The smallest absolute Gasteiger partial charge is 0.389 e. The molecule has 3 nitrogen and oxygen atoms in total. The van der Waals surface area contributed by atoms with Gasteiger partial charge in [-0.2, -0.15) is 13.2 Å². The maximum absolute atomic E-state index is 12.2. The Balaban J connectivity index is 0.000000410. The molecule has 0 amide bonds. The topological polar surface area (TPSA) is 50.2 Å². The van der Waals surface area contributed by atoms with Crippen molar-refractivity contribution in [2.24, 2.45) is 11.8 Å². The molecular formula is C33H41F3IrNO2-. The second kappa shape index (κ2) is 16.1. The van der Waals surface area contributed by atoms with Gasteiger partial charge < -0.3 is 10.1 Å². The Kier molecular flexibility index (Phi) is 13.5. The van der Waals surface area contributed by atoms with Gasteiger partial charge in [-0.05, 0) is 53.3 Å². The van der Waals surface area contributed by atoms with E-state index >= 15 is 0 Å². The molecule has 0 bridgehead atoms. The van der Waals surface area contributed by atoms with E-state index in [2.05, 4.69) is 62.2 Å². The molecule has 1 N–H and O–H groups in total. The summed E-state index contributed by atoms with van der Waals surface area (Å²) < 4.78 is 44.8. The van der Waals surface area contributed by atoms with E-state index < -0.39 is 24.3 Å². The number of nitrogens with zero attached hydrogens (tertiary/aromatic N) is 1. The fourth-order valence-corrected chi connectivity index (χ4v) is 4.54. The van der Waals surface area contributed by atoms with Gasteiger partial charge in [0.05, 0.1) is 13.6 Å². The summed E-state index contributed by atoms with van der Waals surface area (Å²) in [5.41, 5.74) is 5.39. The van der Waals surface area contributed by atoms with Gasteiger partial charge in [0, 0.05) is 44.2 Å². The number of aliphatic hydroxyl groups is 1. The van der Waals surface area contributed by atoms with Crippen LogP contribution in [0, 0.1) is 31.7 Å². The number of aryl methyl sites for hydroxylation is 2. The maximum Gasteiger partial charge on any atom is 0.389 e. The number of fused-ring (bicyclic) bond motifs is 1. The third-order valence-electron chi connectivity index (χ3n) is 6.86. The van der Waals surface area contributed by atoms with E-state index in [0.717, 1.165) is 33.7 Å². The van der Waals surface area contributed by atoms with Crippen LogP contribution in [0.1, 0.15) is 84.3 Å². The van der Waals surface area contributed by atoms with Gasteiger partial charge >= 0.3 is 6.18 Å². The van der Waals surface area contributed by atoms with Crippen molar-refractivity contribution in [3.8, 4) is 11.3 Å². The minimum absolute atomic E-state index is 0. The Morgan fingerprint density at radius 1 is 1.05 bits per heavy atom. The fraction of sp³-hybridized carbons (Fsp3) is 0.455. The molecule has 0 aliphatic rings. The molecule has 1 aromatic heterocycles. The van der Waals surface area contributed by atoms with Crippen LogP contribution < -0.4 is 0 Å². The Morgan fingerprint density at radius 3 is 2.20 bits per heavy atom. The Hall–Kier alpha value is -2.50. The summed E-state index contributed by atoms with van der Waals surface area (Å²) in [7, 11) is 0. The quantitative estimate of drug-likeness (QED) is 0.135. The van der Waals surface area contributed by atoms with Crippen LogP contribution in [0.4, 0.5) is 13.2 Å². The summed E-state index contributed by atoms with van der Waals surface area (Å²) in [6.07, 6.45) is -2.78. The first-order valence-electron chi connectivity index (χ1n) is 14.1. The number of ketones is 1. The van der Waals surface area contributed by atoms with Crippen molar-refractivity contribution >= 4 is 16.6 Å². The summed E-state index contributed by atoms with van der Waals surface area (Å²) in [6, 6.07) is 15.9. The molecule has 1 radical (unpaired) electrons.